The number of carbonyl (C=O) groups excluding carboxylic acids is 1. The lowest BCUT2D eigenvalue weighted by atomic mass is 10.0. The summed E-state index contributed by atoms with van der Waals surface area (Å²) in [6.07, 6.45) is 3.72. The number of methoxy groups -OCH3 is 1. The maximum absolute atomic E-state index is 14.9. The van der Waals surface area contributed by atoms with Crippen LogP contribution in [0.5, 0.6) is 5.75 Å². The van der Waals surface area contributed by atoms with Crippen molar-refractivity contribution in [2.24, 2.45) is 7.05 Å². The SMILES string of the molecule is COc1ccc(C(NC(=O)c2cc(F)c3cnc(NC4CCOC[C@H]4F)nc3c2)c2cnn(C)c2)cc1F. The average Bonchev–Trinajstić information content (AvgIpc) is 3.34. The lowest BCUT2D eigenvalue weighted by molar-refractivity contribution is 0.0284. The van der Waals surface area contributed by atoms with Crippen LogP contribution in [-0.2, 0) is 11.8 Å². The van der Waals surface area contributed by atoms with Gasteiger partial charge in [-0.2, -0.15) is 5.10 Å². The number of halogens is 3. The van der Waals surface area contributed by atoms with E-state index in [-0.39, 0.29) is 34.8 Å². The highest BCUT2D eigenvalue weighted by Gasteiger charge is 2.26. The molecule has 1 amide bonds. The number of amides is 1. The Labute approximate surface area is 216 Å². The maximum Gasteiger partial charge on any atom is 0.252 e. The largest absolute Gasteiger partial charge is 0.494 e. The van der Waals surface area contributed by atoms with Gasteiger partial charge in [0.1, 0.15) is 12.0 Å². The Morgan fingerprint density at radius 1 is 1.18 bits per heavy atom. The minimum atomic E-state index is -1.23. The van der Waals surface area contributed by atoms with Crippen molar-refractivity contribution in [2.75, 3.05) is 25.6 Å². The van der Waals surface area contributed by atoms with Crippen LogP contribution in [0.4, 0.5) is 19.1 Å². The lowest BCUT2D eigenvalue weighted by Gasteiger charge is -2.26. The van der Waals surface area contributed by atoms with Crippen LogP contribution < -0.4 is 15.4 Å². The molecule has 0 radical (unpaired) electrons. The van der Waals surface area contributed by atoms with Gasteiger partial charge < -0.3 is 20.1 Å². The molecule has 1 fully saturated rings. The Hall–Kier alpha value is -4.19. The lowest BCUT2D eigenvalue weighted by Crippen LogP contribution is -2.39. The predicted octanol–water partition coefficient (Wildman–Crippen LogP) is 3.71. The van der Waals surface area contributed by atoms with Gasteiger partial charge in [-0.15, -0.1) is 0 Å². The number of carbonyl (C=O) groups is 1. The van der Waals surface area contributed by atoms with E-state index in [0.717, 1.165) is 6.07 Å². The molecule has 2 aromatic carbocycles. The molecule has 1 aliphatic rings. The third kappa shape index (κ3) is 5.25. The monoisotopic (exact) mass is 526 g/mol. The summed E-state index contributed by atoms with van der Waals surface area (Å²) in [5, 5.41) is 10.0. The fourth-order valence-electron chi connectivity index (χ4n) is 4.35. The molecular weight excluding hydrogens is 501 g/mol. The van der Waals surface area contributed by atoms with Crippen molar-refractivity contribution in [1.29, 1.82) is 0 Å². The molecule has 5 rings (SSSR count). The zero-order valence-electron chi connectivity index (χ0n) is 20.6. The summed E-state index contributed by atoms with van der Waals surface area (Å²) < 4.78 is 55.3. The number of ether oxygens (including phenoxy) is 2. The molecule has 2 N–H and O–H groups in total. The number of benzene rings is 2. The third-order valence-electron chi connectivity index (χ3n) is 6.36. The summed E-state index contributed by atoms with van der Waals surface area (Å²) in [5.74, 6) is -1.72. The second-order valence-electron chi connectivity index (χ2n) is 8.96. The van der Waals surface area contributed by atoms with Crippen molar-refractivity contribution in [3.05, 3.63) is 77.2 Å². The molecule has 1 saturated heterocycles. The molecule has 0 saturated carbocycles. The van der Waals surface area contributed by atoms with Gasteiger partial charge in [0.25, 0.3) is 5.91 Å². The highest BCUT2D eigenvalue weighted by molar-refractivity contribution is 5.98. The second-order valence-corrected chi connectivity index (χ2v) is 8.96. The molecule has 0 bridgehead atoms. The number of rotatable bonds is 7. The molecule has 2 unspecified atom stereocenters. The van der Waals surface area contributed by atoms with Crippen LogP contribution in [0, 0.1) is 11.6 Å². The van der Waals surface area contributed by atoms with Crippen LogP contribution in [0.3, 0.4) is 0 Å². The minimum absolute atomic E-state index is 0.00282. The first-order chi connectivity index (χ1) is 18.3. The fourth-order valence-corrected chi connectivity index (χ4v) is 4.35. The van der Waals surface area contributed by atoms with Gasteiger partial charge in [-0.1, -0.05) is 6.07 Å². The summed E-state index contributed by atoms with van der Waals surface area (Å²) in [7, 11) is 3.07. The number of alkyl halides is 1. The predicted molar refractivity (Wildman–Crippen MR) is 133 cm³/mol. The molecule has 38 heavy (non-hydrogen) atoms. The van der Waals surface area contributed by atoms with E-state index >= 15 is 0 Å². The summed E-state index contributed by atoms with van der Waals surface area (Å²) in [4.78, 5) is 21.7. The van der Waals surface area contributed by atoms with E-state index in [4.69, 9.17) is 9.47 Å². The number of nitrogens with one attached hydrogen (secondary N) is 2. The van der Waals surface area contributed by atoms with Crippen LogP contribution in [0.25, 0.3) is 10.9 Å². The smallest absolute Gasteiger partial charge is 0.252 e. The van der Waals surface area contributed by atoms with Gasteiger partial charge in [0, 0.05) is 37.2 Å². The Bertz CT molecular complexity index is 1480. The standard InChI is InChI=1S/C26H25F3N6O3/c1-35-12-16(10-31-35)24(14-3-4-23(37-2)19(28)7-14)34-25(36)15-8-18(27)17-11-30-26(33-22(17)9-15)32-21-5-6-38-13-20(21)29/h3-4,7-12,20-21,24H,5-6,13H2,1-2H3,(H,34,36)(H,30,32,33)/t20-,21?,24?/m1/s1. The van der Waals surface area contributed by atoms with E-state index in [1.807, 2.05) is 0 Å². The van der Waals surface area contributed by atoms with Gasteiger partial charge in [0.2, 0.25) is 5.95 Å². The third-order valence-corrected chi connectivity index (χ3v) is 6.36. The van der Waals surface area contributed by atoms with E-state index in [1.165, 1.54) is 31.5 Å². The Morgan fingerprint density at radius 3 is 2.74 bits per heavy atom. The first-order valence-corrected chi connectivity index (χ1v) is 11.9. The zero-order chi connectivity index (χ0) is 26.8. The summed E-state index contributed by atoms with van der Waals surface area (Å²) in [6.45, 7) is 0.376. The number of hydrogen-bond donors (Lipinski definition) is 2. The van der Waals surface area contributed by atoms with Crippen LogP contribution in [-0.4, -0.2) is 58.2 Å². The molecule has 198 valence electrons. The van der Waals surface area contributed by atoms with Gasteiger partial charge in [0.05, 0.1) is 42.9 Å². The summed E-state index contributed by atoms with van der Waals surface area (Å²) in [6, 6.07) is 5.53. The highest BCUT2D eigenvalue weighted by atomic mass is 19.1. The molecule has 12 heteroatoms. The first-order valence-electron chi connectivity index (χ1n) is 11.9. The molecular formula is C26H25F3N6O3. The molecule has 0 spiro atoms. The van der Waals surface area contributed by atoms with Crippen LogP contribution in [0.15, 0.2) is 48.9 Å². The normalized spacial score (nSPS) is 18.2. The molecule has 3 atom stereocenters. The maximum atomic E-state index is 14.9. The average molecular weight is 527 g/mol. The van der Waals surface area contributed by atoms with Gasteiger partial charge in [0.15, 0.2) is 11.6 Å². The molecule has 0 aliphatic carbocycles. The van der Waals surface area contributed by atoms with E-state index < -0.39 is 35.8 Å². The topological polar surface area (TPSA) is 103 Å². The quantitative estimate of drug-likeness (QED) is 0.379. The Balaban J connectivity index is 1.44. The van der Waals surface area contributed by atoms with E-state index in [0.29, 0.717) is 24.2 Å². The number of aryl methyl sites for hydroxylation is 1. The van der Waals surface area contributed by atoms with Crippen molar-refractivity contribution in [1.82, 2.24) is 25.1 Å². The first kappa shape index (κ1) is 25.5. The van der Waals surface area contributed by atoms with Crippen molar-refractivity contribution < 1.29 is 27.4 Å². The van der Waals surface area contributed by atoms with Crippen molar-refractivity contribution in [3.8, 4) is 5.75 Å². The van der Waals surface area contributed by atoms with Crippen LogP contribution in [0.2, 0.25) is 0 Å². The van der Waals surface area contributed by atoms with E-state index in [2.05, 4.69) is 25.7 Å². The van der Waals surface area contributed by atoms with E-state index in [1.54, 1.807) is 30.2 Å². The van der Waals surface area contributed by atoms with Gasteiger partial charge in [-0.3, -0.25) is 9.48 Å². The number of aromatic nitrogens is 4. The van der Waals surface area contributed by atoms with Gasteiger partial charge >= 0.3 is 0 Å². The molecule has 9 nitrogen and oxygen atoms in total. The summed E-state index contributed by atoms with van der Waals surface area (Å²) in [5.41, 5.74) is 1.20. The summed E-state index contributed by atoms with van der Waals surface area (Å²) >= 11 is 0. The molecule has 4 aromatic rings. The van der Waals surface area contributed by atoms with Gasteiger partial charge in [-0.05, 0) is 36.2 Å². The van der Waals surface area contributed by atoms with Crippen molar-refractivity contribution in [2.45, 2.75) is 24.7 Å². The number of hydrogen-bond acceptors (Lipinski definition) is 7. The number of fused-ring (bicyclic) bond motifs is 1. The highest BCUT2D eigenvalue weighted by Crippen LogP contribution is 2.28. The van der Waals surface area contributed by atoms with Crippen molar-refractivity contribution >= 4 is 22.8 Å². The van der Waals surface area contributed by atoms with Crippen molar-refractivity contribution in [3.63, 3.8) is 0 Å². The van der Waals surface area contributed by atoms with Crippen LogP contribution in [0.1, 0.15) is 33.9 Å². The Morgan fingerprint density at radius 2 is 2.03 bits per heavy atom. The minimum Gasteiger partial charge on any atom is -0.494 e. The van der Waals surface area contributed by atoms with E-state index in [9.17, 15) is 18.0 Å². The number of anilines is 1. The Kier molecular flexibility index (Phi) is 7.14. The van der Waals surface area contributed by atoms with Crippen LogP contribution >= 0.6 is 0 Å². The fraction of sp³-hybridized carbons (Fsp3) is 0.308. The number of nitrogens with zero attached hydrogens (tertiary/aromatic N) is 4. The van der Waals surface area contributed by atoms with Gasteiger partial charge in [-0.25, -0.2) is 23.1 Å². The molecule has 2 aromatic heterocycles. The zero-order valence-corrected chi connectivity index (χ0v) is 20.6. The second kappa shape index (κ2) is 10.7. The molecule has 3 heterocycles. The molecule has 1 aliphatic heterocycles.